The third-order valence-corrected chi connectivity index (χ3v) is 2.95. The van der Waals surface area contributed by atoms with E-state index in [0.29, 0.717) is 0 Å². The maximum absolute atomic E-state index is 13.5. The van der Waals surface area contributed by atoms with Crippen molar-refractivity contribution in [1.29, 1.82) is 0 Å². The standard InChI is InChI=1S/C14H11F4N3O3/c1-3-24-14(23)9-5-8(20-21(9)2)13(22)19-12-10(17)6(15)4-7(16)11(12)18/h4-5H,3H2,1-2H3,(H,19,22). The van der Waals surface area contributed by atoms with Gasteiger partial charge in [0.05, 0.1) is 6.61 Å². The Labute approximate surface area is 133 Å². The summed E-state index contributed by atoms with van der Waals surface area (Å²) in [5.74, 6) is -8.79. The largest absolute Gasteiger partial charge is 0.461 e. The number of aromatic nitrogens is 2. The van der Waals surface area contributed by atoms with E-state index < -0.39 is 46.5 Å². The van der Waals surface area contributed by atoms with E-state index >= 15 is 0 Å². The number of rotatable bonds is 4. The van der Waals surface area contributed by atoms with Crippen molar-refractivity contribution in [3.05, 3.63) is 46.8 Å². The summed E-state index contributed by atoms with van der Waals surface area (Å²) in [6.07, 6.45) is 0. The zero-order valence-electron chi connectivity index (χ0n) is 12.5. The number of esters is 1. The molecule has 2 rings (SSSR count). The molecule has 0 aliphatic carbocycles. The quantitative estimate of drug-likeness (QED) is 0.525. The van der Waals surface area contributed by atoms with Crippen LogP contribution in [0, 0.1) is 23.3 Å². The van der Waals surface area contributed by atoms with Crippen LogP contribution in [-0.2, 0) is 11.8 Å². The van der Waals surface area contributed by atoms with Crippen LogP contribution < -0.4 is 5.32 Å². The van der Waals surface area contributed by atoms with Gasteiger partial charge in [-0.2, -0.15) is 5.10 Å². The number of nitrogens with zero attached hydrogens (tertiary/aromatic N) is 2. The van der Waals surface area contributed by atoms with Crippen LogP contribution in [0.3, 0.4) is 0 Å². The molecule has 0 saturated carbocycles. The Morgan fingerprint density at radius 1 is 1.17 bits per heavy atom. The van der Waals surface area contributed by atoms with Crippen LogP contribution in [0.2, 0.25) is 0 Å². The summed E-state index contributed by atoms with van der Waals surface area (Å²) < 4.78 is 59.1. The molecule has 0 spiro atoms. The van der Waals surface area contributed by atoms with Gasteiger partial charge in [-0.1, -0.05) is 0 Å². The minimum Gasteiger partial charge on any atom is -0.461 e. The van der Waals surface area contributed by atoms with Crippen LogP contribution in [0.5, 0.6) is 0 Å². The average molecular weight is 345 g/mol. The predicted molar refractivity (Wildman–Crippen MR) is 73.4 cm³/mol. The molecular formula is C14H11F4N3O3. The Kier molecular flexibility index (Phi) is 4.86. The molecule has 0 atom stereocenters. The van der Waals surface area contributed by atoms with Gasteiger partial charge >= 0.3 is 5.97 Å². The fraction of sp³-hybridized carbons (Fsp3) is 0.214. The van der Waals surface area contributed by atoms with E-state index in [1.165, 1.54) is 7.05 Å². The van der Waals surface area contributed by atoms with Crippen molar-refractivity contribution in [3.63, 3.8) is 0 Å². The predicted octanol–water partition coefficient (Wildman–Crippen LogP) is 2.41. The Morgan fingerprint density at radius 3 is 2.29 bits per heavy atom. The second-order valence-electron chi connectivity index (χ2n) is 4.56. The molecule has 128 valence electrons. The average Bonchev–Trinajstić information content (AvgIpc) is 2.92. The van der Waals surface area contributed by atoms with Gasteiger partial charge < -0.3 is 10.1 Å². The molecule has 0 radical (unpaired) electrons. The number of hydrogen-bond donors (Lipinski definition) is 1. The van der Waals surface area contributed by atoms with Crippen molar-refractivity contribution in [2.24, 2.45) is 7.05 Å². The molecule has 1 heterocycles. The van der Waals surface area contributed by atoms with E-state index in [-0.39, 0.29) is 18.4 Å². The number of carbonyl (C=O) groups is 2. The molecule has 10 heteroatoms. The lowest BCUT2D eigenvalue weighted by Crippen LogP contribution is -2.16. The monoisotopic (exact) mass is 345 g/mol. The number of hydrogen-bond acceptors (Lipinski definition) is 4. The molecular weight excluding hydrogens is 334 g/mol. The molecule has 0 aliphatic rings. The van der Waals surface area contributed by atoms with E-state index in [0.717, 1.165) is 10.7 Å². The maximum atomic E-state index is 13.5. The van der Waals surface area contributed by atoms with Crippen LogP contribution in [0.25, 0.3) is 0 Å². The summed E-state index contributed by atoms with van der Waals surface area (Å²) in [7, 11) is 1.34. The van der Waals surface area contributed by atoms with Gasteiger partial charge in [0.25, 0.3) is 5.91 Å². The Bertz CT molecular complexity index is 794. The van der Waals surface area contributed by atoms with Crippen molar-refractivity contribution >= 4 is 17.6 Å². The van der Waals surface area contributed by atoms with E-state index in [1.54, 1.807) is 12.2 Å². The van der Waals surface area contributed by atoms with Crippen molar-refractivity contribution in [2.75, 3.05) is 11.9 Å². The lowest BCUT2D eigenvalue weighted by atomic mass is 10.2. The number of anilines is 1. The number of carbonyl (C=O) groups excluding carboxylic acids is 2. The summed E-state index contributed by atoms with van der Waals surface area (Å²) in [4.78, 5) is 23.6. The number of amides is 1. The van der Waals surface area contributed by atoms with Crippen LogP contribution in [-0.4, -0.2) is 28.3 Å². The lowest BCUT2D eigenvalue weighted by molar-refractivity contribution is 0.0513. The van der Waals surface area contributed by atoms with Gasteiger partial charge in [0.1, 0.15) is 11.4 Å². The molecule has 0 aliphatic heterocycles. The van der Waals surface area contributed by atoms with Gasteiger partial charge in [0.2, 0.25) is 0 Å². The molecule has 24 heavy (non-hydrogen) atoms. The highest BCUT2D eigenvalue weighted by Crippen LogP contribution is 2.24. The molecule has 1 N–H and O–H groups in total. The first-order chi connectivity index (χ1) is 11.3. The van der Waals surface area contributed by atoms with Gasteiger partial charge in [0.15, 0.2) is 29.0 Å². The van der Waals surface area contributed by atoms with Crippen molar-refractivity contribution in [1.82, 2.24) is 9.78 Å². The first kappa shape index (κ1) is 17.4. The first-order valence-corrected chi connectivity index (χ1v) is 6.61. The Morgan fingerprint density at radius 2 is 1.75 bits per heavy atom. The molecule has 1 aromatic carbocycles. The van der Waals surface area contributed by atoms with Gasteiger partial charge in [-0.3, -0.25) is 9.48 Å². The minimum atomic E-state index is -1.76. The molecule has 1 aromatic heterocycles. The van der Waals surface area contributed by atoms with Gasteiger partial charge in [-0.15, -0.1) is 0 Å². The van der Waals surface area contributed by atoms with E-state index in [2.05, 4.69) is 5.10 Å². The van der Waals surface area contributed by atoms with Crippen molar-refractivity contribution in [2.45, 2.75) is 6.92 Å². The highest BCUT2D eigenvalue weighted by atomic mass is 19.2. The first-order valence-electron chi connectivity index (χ1n) is 6.61. The van der Waals surface area contributed by atoms with Gasteiger partial charge in [-0.25, -0.2) is 22.4 Å². The topological polar surface area (TPSA) is 73.2 Å². The van der Waals surface area contributed by atoms with Gasteiger partial charge in [-0.05, 0) is 6.92 Å². The SMILES string of the molecule is CCOC(=O)c1cc(C(=O)Nc2c(F)c(F)cc(F)c2F)nn1C. The Balaban J connectivity index is 2.32. The maximum Gasteiger partial charge on any atom is 0.356 e. The Hall–Kier alpha value is -2.91. The van der Waals surface area contributed by atoms with E-state index in [9.17, 15) is 27.2 Å². The molecule has 0 saturated heterocycles. The molecule has 2 aromatic rings. The molecule has 0 bridgehead atoms. The minimum absolute atomic E-state index is 0.0138. The number of nitrogens with one attached hydrogen (secondary N) is 1. The smallest absolute Gasteiger partial charge is 0.356 e. The van der Waals surface area contributed by atoms with Crippen LogP contribution in [0.4, 0.5) is 23.2 Å². The third kappa shape index (κ3) is 3.21. The summed E-state index contributed by atoms with van der Waals surface area (Å²) in [6, 6.07) is 1.03. The second-order valence-corrected chi connectivity index (χ2v) is 4.56. The summed E-state index contributed by atoms with van der Waals surface area (Å²) in [6.45, 7) is 1.66. The second kappa shape index (κ2) is 6.69. The number of benzene rings is 1. The number of aryl methyl sites for hydroxylation is 1. The van der Waals surface area contributed by atoms with Crippen molar-refractivity contribution < 1.29 is 31.9 Å². The van der Waals surface area contributed by atoms with Crippen LogP contribution in [0.15, 0.2) is 12.1 Å². The molecule has 1 amide bonds. The molecule has 6 nitrogen and oxygen atoms in total. The molecule has 0 unspecified atom stereocenters. The van der Waals surface area contributed by atoms with Gasteiger partial charge in [0, 0.05) is 19.2 Å². The zero-order valence-corrected chi connectivity index (χ0v) is 12.5. The highest BCUT2D eigenvalue weighted by molar-refractivity contribution is 6.04. The lowest BCUT2D eigenvalue weighted by Gasteiger charge is -2.07. The molecule has 0 fully saturated rings. The van der Waals surface area contributed by atoms with E-state index in [4.69, 9.17) is 4.74 Å². The van der Waals surface area contributed by atoms with Crippen LogP contribution >= 0.6 is 0 Å². The number of ether oxygens (including phenoxy) is 1. The van der Waals surface area contributed by atoms with Crippen molar-refractivity contribution in [3.8, 4) is 0 Å². The van der Waals surface area contributed by atoms with E-state index in [1.807, 2.05) is 0 Å². The fourth-order valence-corrected chi connectivity index (χ4v) is 1.83. The zero-order chi connectivity index (χ0) is 18.0. The highest BCUT2D eigenvalue weighted by Gasteiger charge is 2.24. The number of halogens is 4. The normalized spacial score (nSPS) is 10.6. The van der Waals surface area contributed by atoms with Crippen LogP contribution in [0.1, 0.15) is 27.9 Å². The summed E-state index contributed by atoms with van der Waals surface area (Å²) in [5, 5.41) is 5.38. The summed E-state index contributed by atoms with van der Waals surface area (Å²) in [5.41, 5.74) is -1.78. The third-order valence-electron chi connectivity index (χ3n) is 2.95. The fourth-order valence-electron chi connectivity index (χ4n) is 1.83. The summed E-state index contributed by atoms with van der Waals surface area (Å²) >= 11 is 0.